The number of nitrogens with zero attached hydrogens (tertiary/aromatic N) is 1. The van der Waals surface area contributed by atoms with E-state index in [4.69, 9.17) is 11.2 Å². The van der Waals surface area contributed by atoms with Crippen LogP contribution in [-0.2, 0) is 0 Å². The van der Waals surface area contributed by atoms with Gasteiger partial charge < -0.3 is 4.74 Å². The normalized spacial score (nSPS) is 9.85. The fraction of sp³-hybridized carbons (Fsp3) is 0.182. The highest BCUT2D eigenvalue weighted by Gasteiger charge is 1.90. The minimum atomic E-state index is 0.414. The van der Waals surface area contributed by atoms with Gasteiger partial charge in [-0.3, -0.25) is 4.99 Å². The molecular formula is C11H11NO. The van der Waals surface area contributed by atoms with Crippen LogP contribution in [-0.4, -0.2) is 19.9 Å². The lowest BCUT2D eigenvalue weighted by atomic mass is 10.2. The Kier molecular flexibility index (Phi) is 3.59. The van der Waals surface area contributed by atoms with Crippen LogP contribution < -0.4 is 4.74 Å². The zero-order valence-electron chi connectivity index (χ0n) is 7.53. The van der Waals surface area contributed by atoms with Gasteiger partial charge in [-0.15, -0.1) is 6.42 Å². The standard InChI is InChI=1S/C11H11NO/c1-3-7-12-9-10-5-4-6-11(8-10)13-2/h1,4-6,8-9H,7H2,2H3. The van der Waals surface area contributed by atoms with E-state index in [1.807, 2.05) is 24.3 Å². The molecule has 0 saturated carbocycles. The van der Waals surface area contributed by atoms with Crippen LogP contribution in [0.5, 0.6) is 5.75 Å². The summed E-state index contributed by atoms with van der Waals surface area (Å²) >= 11 is 0. The first-order chi connectivity index (χ1) is 6.36. The first-order valence-corrected chi connectivity index (χ1v) is 3.94. The minimum Gasteiger partial charge on any atom is -0.497 e. The van der Waals surface area contributed by atoms with Crippen LogP contribution in [0.3, 0.4) is 0 Å². The molecule has 0 amide bonds. The summed E-state index contributed by atoms with van der Waals surface area (Å²) in [5.74, 6) is 3.26. The smallest absolute Gasteiger partial charge is 0.119 e. The summed E-state index contributed by atoms with van der Waals surface area (Å²) in [4.78, 5) is 4.02. The molecular weight excluding hydrogens is 162 g/mol. The van der Waals surface area contributed by atoms with Gasteiger partial charge in [0.2, 0.25) is 0 Å². The van der Waals surface area contributed by atoms with Crippen LogP contribution in [0.15, 0.2) is 29.3 Å². The minimum absolute atomic E-state index is 0.414. The van der Waals surface area contributed by atoms with Crippen LogP contribution in [0.4, 0.5) is 0 Å². The molecule has 0 aliphatic carbocycles. The number of ether oxygens (including phenoxy) is 1. The largest absolute Gasteiger partial charge is 0.497 e. The summed E-state index contributed by atoms with van der Waals surface area (Å²) in [6.07, 6.45) is 6.80. The van der Waals surface area contributed by atoms with Gasteiger partial charge in [0.1, 0.15) is 5.75 Å². The van der Waals surface area contributed by atoms with Gasteiger partial charge >= 0.3 is 0 Å². The molecule has 0 aliphatic heterocycles. The second-order valence-corrected chi connectivity index (χ2v) is 2.45. The Labute approximate surface area is 78.3 Å². The molecule has 1 aromatic rings. The second-order valence-electron chi connectivity index (χ2n) is 2.45. The average molecular weight is 173 g/mol. The average Bonchev–Trinajstić information content (AvgIpc) is 2.19. The molecule has 0 bridgehead atoms. The van der Waals surface area contributed by atoms with Crippen LogP contribution in [0.1, 0.15) is 5.56 Å². The maximum atomic E-state index is 5.06. The quantitative estimate of drug-likeness (QED) is 0.504. The van der Waals surface area contributed by atoms with E-state index < -0.39 is 0 Å². The van der Waals surface area contributed by atoms with Crippen LogP contribution >= 0.6 is 0 Å². The van der Waals surface area contributed by atoms with Crippen molar-refractivity contribution in [3.05, 3.63) is 29.8 Å². The SMILES string of the molecule is C#CCN=Cc1cccc(OC)c1. The number of benzene rings is 1. The monoisotopic (exact) mass is 173 g/mol. The van der Waals surface area contributed by atoms with Crippen LogP contribution in [0, 0.1) is 12.3 Å². The lowest BCUT2D eigenvalue weighted by Gasteiger charge is -1.98. The van der Waals surface area contributed by atoms with Gasteiger partial charge in [-0.25, -0.2) is 0 Å². The Morgan fingerprint density at radius 2 is 2.46 bits per heavy atom. The number of methoxy groups -OCH3 is 1. The van der Waals surface area contributed by atoms with Crippen molar-refractivity contribution in [2.45, 2.75) is 0 Å². The van der Waals surface area contributed by atoms with Crippen LogP contribution in [0.25, 0.3) is 0 Å². The molecule has 0 unspecified atom stereocenters. The highest BCUT2D eigenvalue weighted by atomic mass is 16.5. The van der Waals surface area contributed by atoms with Crippen molar-refractivity contribution in [3.63, 3.8) is 0 Å². The molecule has 1 aromatic carbocycles. The number of terminal acetylenes is 1. The Morgan fingerprint density at radius 1 is 1.62 bits per heavy atom. The molecule has 0 N–H and O–H groups in total. The first kappa shape index (κ1) is 9.34. The number of hydrogen-bond acceptors (Lipinski definition) is 2. The number of aliphatic imine (C=N–C) groups is 1. The Balaban J connectivity index is 2.73. The van der Waals surface area contributed by atoms with Crippen molar-refractivity contribution in [1.29, 1.82) is 0 Å². The van der Waals surface area contributed by atoms with E-state index in [0.29, 0.717) is 6.54 Å². The summed E-state index contributed by atoms with van der Waals surface area (Å²) in [7, 11) is 1.64. The van der Waals surface area contributed by atoms with E-state index in [0.717, 1.165) is 11.3 Å². The third kappa shape index (κ3) is 3.00. The Bertz CT molecular complexity index is 336. The third-order valence-electron chi connectivity index (χ3n) is 1.52. The van der Waals surface area contributed by atoms with Crippen molar-refractivity contribution in [1.82, 2.24) is 0 Å². The lowest BCUT2D eigenvalue weighted by Crippen LogP contribution is -1.86. The van der Waals surface area contributed by atoms with Gasteiger partial charge in [-0.2, -0.15) is 0 Å². The fourth-order valence-electron chi connectivity index (χ4n) is 0.926. The van der Waals surface area contributed by atoms with Gasteiger partial charge in [0.05, 0.1) is 13.7 Å². The summed E-state index contributed by atoms with van der Waals surface area (Å²) in [5, 5.41) is 0. The van der Waals surface area contributed by atoms with Gasteiger partial charge in [0.25, 0.3) is 0 Å². The lowest BCUT2D eigenvalue weighted by molar-refractivity contribution is 0.415. The van der Waals surface area contributed by atoms with Gasteiger partial charge in [0.15, 0.2) is 0 Å². The third-order valence-corrected chi connectivity index (χ3v) is 1.52. The summed E-state index contributed by atoms with van der Waals surface area (Å²) in [6, 6.07) is 7.65. The molecule has 0 aliphatic rings. The van der Waals surface area contributed by atoms with Crippen LogP contribution in [0.2, 0.25) is 0 Å². The predicted molar refractivity (Wildman–Crippen MR) is 54.3 cm³/mol. The molecule has 2 nitrogen and oxygen atoms in total. The van der Waals surface area contributed by atoms with E-state index in [1.165, 1.54) is 0 Å². The highest BCUT2D eigenvalue weighted by molar-refractivity contribution is 5.80. The molecule has 2 heteroatoms. The van der Waals surface area contributed by atoms with Gasteiger partial charge in [-0.05, 0) is 17.7 Å². The topological polar surface area (TPSA) is 21.6 Å². The zero-order chi connectivity index (χ0) is 9.52. The molecule has 0 aromatic heterocycles. The zero-order valence-corrected chi connectivity index (χ0v) is 7.53. The molecule has 1 rings (SSSR count). The van der Waals surface area contributed by atoms with E-state index in [2.05, 4.69) is 10.9 Å². The van der Waals surface area contributed by atoms with Crippen molar-refractivity contribution in [3.8, 4) is 18.1 Å². The molecule has 66 valence electrons. The fourth-order valence-corrected chi connectivity index (χ4v) is 0.926. The molecule has 0 saturated heterocycles. The summed E-state index contributed by atoms with van der Waals surface area (Å²) < 4.78 is 5.06. The van der Waals surface area contributed by atoms with E-state index in [9.17, 15) is 0 Å². The number of hydrogen-bond donors (Lipinski definition) is 0. The van der Waals surface area contributed by atoms with Crippen molar-refractivity contribution in [2.75, 3.05) is 13.7 Å². The first-order valence-electron chi connectivity index (χ1n) is 3.94. The van der Waals surface area contributed by atoms with Crippen molar-refractivity contribution >= 4 is 6.21 Å². The molecule has 0 heterocycles. The number of rotatable bonds is 3. The van der Waals surface area contributed by atoms with Crippen molar-refractivity contribution in [2.24, 2.45) is 4.99 Å². The molecule has 0 spiro atoms. The molecule has 0 radical (unpaired) electrons. The molecule has 0 fully saturated rings. The summed E-state index contributed by atoms with van der Waals surface area (Å²) in [6.45, 7) is 0.414. The van der Waals surface area contributed by atoms with Gasteiger partial charge in [-0.1, -0.05) is 18.1 Å². The Morgan fingerprint density at radius 3 is 3.15 bits per heavy atom. The summed E-state index contributed by atoms with van der Waals surface area (Å²) in [5.41, 5.74) is 0.995. The van der Waals surface area contributed by atoms with E-state index in [1.54, 1.807) is 13.3 Å². The van der Waals surface area contributed by atoms with E-state index in [-0.39, 0.29) is 0 Å². The maximum absolute atomic E-state index is 5.06. The second kappa shape index (κ2) is 5.00. The Hall–Kier alpha value is -1.75. The molecule has 13 heavy (non-hydrogen) atoms. The predicted octanol–water partition coefficient (Wildman–Crippen LogP) is 1.75. The van der Waals surface area contributed by atoms with Crippen molar-refractivity contribution < 1.29 is 4.74 Å². The molecule has 0 atom stereocenters. The van der Waals surface area contributed by atoms with Gasteiger partial charge in [0, 0.05) is 6.21 Å². The highest BCUT2D eigenvalue weighted by Crippen LogP contribution is 2.10. The maximum Gasteiger partial charge on any atom is 0.119 e. The van der Waals surface area contributed by atoms with E-state index >= 15 is 0 Å².